The van der Waals surface area contributed by atoms with Gasteiger partial charge in [0, 0.05) is 12.2 Å². The predicted octanol–water partition coefficient (Wildman–Crippen LogP) is 3.09. The lowest BCUT2D eigenvalue weighted by Crippen LogP contribution is -2.15. The number of nitrogens with zero attached hydrogens (tertiary/aromatic N) is 3. The van der Waals surface area contributed by atoms with Crippen LogP contribution in [0.4, 0.5) is 5.82 Å². The van der Waals surface area contributed by atoms with Gasteiger partial charge in [-0.25, -0.2) is 9.50 Å². The summed E-state index contributed by atoms with van der Waals surface area (Å²) in [4.78, 5) is 4.50. The Kier molecular flexibility index (Phi) is 3.43. The van der Waals surface area contributed by atoms with E-state index in [4.69, 9.17) is 0 Å². The molecule has 0 aliphatic carbocycles. The van der Waals surface area contributed by atoms with E-state index in [1.807, 2.05) is 12.3 Å². The summed E-state index contributed by atoms with van der Waals surface area (Å²) >= 11 is 3.42. The van der Waals surface area contributed by atoms with Crippen LogP contribution < -0.4 is 5.32 Å². The highest BCUT2D eigenvalue weighted by Gasteiger charge is 2.05. The maximum absolute atomic E-state index is 4.50. The summed E-state index contributed by atoms with van der Waals surface area (Å²) in [5, 5.41) is 7.53. The Labute approximate surface area is 103 Å². The lowest BCUT2D eigenvalue weighted by Gasteiger charge is -2.13. The third-order valence-electron chi connectivity index (χ3n) is 2.44. The highest BCUT2D eigenvalue weighted by Crippen LogP contribution is 2.17. The van der Waals surface area contributed by atoms with Crippen molar-refractivity contribution in [3.63, 3.8) is 0 Å². The molecule has 0 amide bonds. The zero-order chi connectivity index (χ0) is 11.5. The molecule has 0 saturated heterocycles. The number of fused-ring (bicyclic) bond motifs is 1. The van der Waals surface area contributed by atoms with Crippen LogP contribution in [0, 0.1) is 0 Å². The van der Waals surface area contributed by atoms with Crippen LogP contribution in [-0.2, 0) is 0 Å². The molecule has 2 heterocycles. The molecular formula is C11H15BrN4. The Morgan fingerprint density at radius 2 is 2.38 bits per heavy atom. The van der Waals surface area contributed by atoms with Crippen molar-refractivity contribution in [3.05, 3.63) is 22.9 Å². The second kappa shape index (κ2) is 4.82. The van der Waals surface area contributed by atoms with Gasteiger partial charge in [0.15, 0.2) is 5.65 Å². The van der Waals surface area contributed by atoms with E-state index in [0.717, 1.165) is 22.4 Å². The standard InChI is InChI=1S/C11H15BrN4/c1-3-4-8(2)14-10-5-6-16-11(15-10)9(12)7-13-16/h5-8H,3-4H2,1-2H3,(H,14,15). The minimum Gasteiger partial charge on any atom is -0.368 e. The van der Waals surface area contributed by atoms with Gasteiger partial charge < -0.3 is 5.32 Å². The fraction of sp³-hybridized carbons (Fsp3) is 0.455. The molecule has 0 fully saturated rings. The first kappa shape index (κ1) is 11.4. The number of aromatic nitrogens is 3. The molecule has 1 N–H and O–H groups in total. The lowest BCUT2D eigenvalue weighted by molar-refractivity contribution is 0.687. The molecule has 86 valence electrons. The van der Waals surface area contributed by atoms with Gasteiger partial charge in [0.2, 0.25) is 0 Å². The van der Waals surface area contributed by atoms with Gasteiger partial charge in [0.05, 0.1) is 10.7 Å². The SMILES string of the molecule is CCCC(C)Nc1ccn2ncc(Br)c2n1. The van der Waals surface area contributed by atoms with Crippen LogP contribution in [0.3, 0.4) is 0 Å². The first-order valence-corrected chi connectivity index (χ1v) is 6.26. The molecular weight excluding hydrogens is 268 g/mol. The van der Waals surface area contributed by atoms with Crippen LogP contribution in [-0.4, -0.2) is 20.6 Å². The molecule has 16 heavy (non-hydrogen) atoms. The Morgan fingerprint density at radius 1 is 1.56 bits per heavy atom. The molecule has 1 unspecified atom stereocenters. The predicted molar refractivity (Wildman–Crippen MR) is 68.7 cm³/mol. The van der Waals surface area contributed by atoms with E-state index >= 15 is 0 Å². The Hall–Kier alpha value is -1.10. The molecule has 0 aromatic carbocycles. The second-order valence-corrected chi connectivity index (χ2v) is 4.76. The molecule has 2 aromatic heterocycles. The summed E-state index contributed by atoms with van der Waals surface area (Å²) in [5.41, 5.74) is 0.841. The normalized spacial score (nSPS) is 12.9. The van der Waals surface area contributed by atoms with Crippen molar-refractivity contribution in [2.75, 3.05) is 5.32 Å². The van der Waals surface area contributed by atoms with Gasteiger partial charge in [-0.05, 0) is 35.3 Å². The summed E-state index contributed by atoms with van der Waals surface area (Å²) < 4.78 is 2.67. The molecule has 0 aliphatic rings. The molecule has 0 aliphatic heterocycles. The van der Waals surface area contributed by atoms with Gasteiger partial charge in [0.25, 0.3) is 0 Å². The van der Waals surface area contributed by atoms with Crippen molar-refractivity contribution in [2.45, 2.75) is 32.7 Å². The highest BCUT2D eigenvalue weighted by atomic mass is 79.9. The van der Waals surface area contributed by atoms with Crippen molar-refractivity contribution < 1.29 is 0 Å². The highest BCUT2D eigenvalue weighted by molar-refractivity contribution is 9.10. The minimum absolute atomic E-state index is 0.446. The number of halogens is 1. The molecule has 0 radical (unpaired) electrons. The van der Waals surface area contributed by atoms with E-state index in [-0.39, 0.29) is 0 Å². The summed E-state index contributed by atoms with van der Waals surface area (Å²) in [6, 6.07) is 2.39. The third-order valence-corrected chi connectivity index (χ3v) is 3.00. The zero-order valence-corrected chi connectivity index (χ0v) is 11.0. The largest absolute Gasteiger partial charge is 0.368 e. The Bertz CT molecular complexity index is 480. The van der Waals surface area contributed by atoms with Crippen LogP contribution in [0.15, 0.2) is 22.9 Å². The van der Waals surface area contributed by atoms with Crippen LogP contribution >= 0.6 is 15.9 Å². The third kappa shape index (κ3) is 2.35. The van der Waals surface area contributed by atoms with Gasteiger partial charge >= 0.3 is 0 Å². The smallest absolute Gasteiger partial charge is 0.171 e. The van der Waals surface area contributed by atoms with E-state index < -0.39 is 0 Å². The topological polar surface area (TPSA) is 42.2 Å². The van der Waals surface area contributed by atoms with Crippen molar-refractivity contribution in [1.82, 2.24) is 14.6 Å². The molecule has 0 bridgehead atoms. The molecule has 0 spiro atoms. The average Bonchev–Trinajstić information content (AvgIpc) is 2.61. The van der Waals surface area contributed by atoms with Gasteiger partial charge in [-0.2, -0.15) is 5.10 Å². The van der Waals surface area contributed by atoms with Crippen molar-refractivity contribution >= 4 is 27.4 Å². The Balaban J connectivity index is 2.21. The van der Waals surface area contributed by atoms with Crippen LogP contribution in [0.1, 0.15) is 26.7 Å². The summed E-state index contributed by atoms with van der Waals surface area (Å²) in [6.07, 6.45) is 5.98. The Morgan fingerprint density at radius 3 is 3.12 bits per heavy atom. The maximum Gasteiger partial charge on any atom is 0.171 e. The van der Waals surface area contributed by atoms with Gasteiger partial charge in [-0.1, -0.05) is 13.3 Å². The molecule has 5 heteroatoms. The number of rotatable bonds is 4. The average molecular weight is 283 g/mol. The van der Waals surface area contributed by atoms with Gasteiger partial charge in [0.1, 0.15) is 5.82 Å². The lowest BCUT2D eigenvalue weighted by atomic mass is 10.2. The fourth-order valence-electron chi connectivity index (χ4n) is 1.68. The zero-order valence-electron chi connectivity index (χ0n) is 9.44. The monoisotopic (exact) mass is 282 g/mol. The van der Waals surface area contributed by atoms with E-state index in [9.17, 15) is 0 Å². The number of nitrogens with one attached hydrogen (secondary N) is 1. The van der Waals surface area contributed by atoms with Gasteiger partial charge in [-0.3, -0.25) is 0 Å². The van der Waals surface area contributed by atoms with Crippen LogP contribution in [0.5, 0.6) is 0 Å². The van der Waals surface area contributed by atoms with Crippen molar-refractivity contribution in [3.8, 4) is 0 Å². The van der Waals surface area contributed by atoms with Crippen LogP contribution in [0.25, 0.3) is 5.65 Å². The number of anilines is 1. The van der Waals surface area contributed by atoms with Crippen molar-refractivity contribution in [1.29, 1.82) is 0 Å². The first-order chi connectivity index (χ1) is 7.70. The maximum atomic E-state index is 4.50. The van der Waals surface area contributed by atoms with Crippen LogP contribution in [0.2, 0.25) is 0 Å². The summed E-state index contributed by atoms with van der Waals surface area (Å²) in [5.74, 6) is 0.898. The summed E-state index contributed by atoms with van der Waals surface area (Å²) in [6.45, 7) is 4.35. The van der Waals surface area contributed by atoms with E-state index in [0.29, 0.717) is 6.04 Å². The molecule has 1 atom stereocenters. The fourth-order valence-corrected chi connectivity index (χ4v) is 2.04. The number of hydrogen-bond donors (Lipinski definition) is 1. The first-order valence-electron chi connectivity index (χ1n) is 5.47. The van der Waals surface area contributed by atoms with E-state index in [2.05, 4.69) is 45.2 Å². The second-order valence-electron chi connectivity index (χ2n) is 3.91. The van der Waals surface area contributed by atoms with Gasteiger partial charge in [-0.15, -0.1) is 0 Å². The van der Waals surface area contributed by atoms with E-state index in [1.165, 1.54) is 6.42 Å². The molecule has 0 saturated carbocycles. The minimum atomic E-state index is 0.446. The molecule has 2 rings (SSSR count). The molecule has 2 aromatic rings. The summed E-state index contributed by atoms with van der Waals surface area (Å²) in [7, 11) is 0. The van der Waals surface area contributed by atoms with Crippen molar-refractivity contribution in [2.24, 2.45) is 0 Å². The number of hydrogen-bond acceptors (Lipinski definition) is 3. The quantitative estimate of drug-likeness (QED) is 0.937. The van der Waals surface area contributed by atoms with E-state index in [1.54, 1.807) is 10.7 Å². The molecule has 4 nitrogen and oxygen atoms in total.